The standard InChI is InChI=1S/C14H21NO3S/c1-11-6-2-3-7-12(11)10-15-19(17,18)14-9-5-4-8-13(14)16/h4-5,8-9,11-12,15-16H,2-3,6-7,10H2,1H3. The summed E-state index contributed by atoms with van der Waals surface area (Å²) >= 11 is 0. The minimum Gasteiger partial charge on any atom is -0.507 e. The molecule has 0 heterocycles. The molecule has 19 heavy (non-hydrogen) atoms. The molecule has 0 radical (unpaired) electrons. The minimum atomic E-state index is -3.61. The summed E-state index contributed by atoms with van der Waals surface area (Å²) in [6.45, 7) is 2.63. The first kappa shape index (κ1) is 14.3. The summed E-state index contributed by atoms with van der Waals surface area (Å²) in [5.74, 6) is 0.752. The van der Waals surface area contributed by atoms with E-state index in [-0.39, 0.29) is 10.6 Å². The van der Waals surface area contributed by atoms with Crippen LogP contribution in [-0.4, -0.2) is 20.1 Å². The molecule has 0 bridgehead atoms. The second kappa shape index (κ2) is 5.92. The van der Waals surface area contributed by atoms with Gasteiger partial charge in [0.15, 0.2) is 0 Å². The third-order valence-electron chi connectivity index (χ3n) is 3.98. The summed E-state index contributed by atoms with van der Waals surface area (Å²) in [5, 5.41) is 9.62. The third kappa shape index (κ3) is 3.48. The molecule has 0 amide bonds. The highest BCUT2D eigenvalue weighted by Crippen LogP contribution is 2.29. The molecule has 106 valence electrons. The second-order valence-corrected chi connectivity index (χ2v) is 7.08. The highest BCUT2D eigenvalue weighted by atomic mass is 32.2. The predicted molar refractivity (Wildman–Crippen MR) is 74.4 cm³/mol. The Kier molecular flexibility index (Phi) is 4.47. The average Bonchev–Trinajstić information content (AvgIpc) is 2.38. The Bertz CT molecular complexity index is 527. The molecule has 2 unspecified atom stereocenters. The summed E-state index contributed by atoms with van der Waals surface area (Å²) in [6.07, 6.45) is 4.66. The van der Waals surface area contributed by atoms with Crippen LogP contribution >= 0.6 is 0 Å². The number of sulfonamides is 1. The fourth-order valence-corrected chi connectivity index (χ4v) is 3.87. The molecule has 1 saturated carbocycles. The van der Waals surface area contributed by atoms with Crippen LogP contribution in [0.3, 0.4) is 0 Å². The molecule has 2 rings (SSSR count). The lowest BCUT2D eigenvalue weighted by Gasteiger charge is -2.28. The van der Waals surface area contributed by atoms with Gasteiger partial charge in [0.2, 0.25) is 10.0 Å². The van der Waals surface area contributed by atoms with Crippen LogP contribution in [0.4, 0.5) is 0 Å². The number of hydrogen-bond acceptors (Lipinski definition) is 3. The minimum absolute atomic E-state index is 0.0431. The molecular weight excluding hydrogens is 262 g/mol. The fraction of sp³-hybridized carbons (Fsp3) is 0.571. The van der Waals surface area contributed by atoms with Gasteiger partial charge in [-0.3, -0.25) is 0 Å². The third-order valence-corrected chi connectivity index (χ3v) is 5.45. The largest absolute Gasteiger partial charge is 0.507 e. The second-order valence-electron chi connectivity index (χ2n) is 5.34. The first-order valence-corrected chi connectivity index (χ1v) is 8.26. The van der Waals surface area contributed by atoms with Crippen molar-refractivity contribution in [3.8, 4) is 5.75 Å². The number of para-hydroxylation sites is 1. The van der Waals surface area contributed by atoms with Crippen LogP contribution in [0.2, 0.25) is 0 Å². The summed E-state index contributed by atoms with van der Waals surface area (Å²) in [7, 11) is -3.61. The summed E-state index contributed by atoms with van der Waals surface area (Å²) in [5.41, 5.74) is 0. The van der Waals surface area contributed by atoms with Crippen LogP contribution in [0.15, 0.2) is 29.2 Å². The quantitative estimate of drug-likeness (QED) is 0.892. The maximum Gasteiger partial charge on any atom is 0.244 e. The van der Waals surface area contributed by atoms with Gasteiger partial charge in [-0.05, 0) is 30.4 Å². The van der Waals surface area contributed by atoms with Gasteiger partial charge in [0.25, 0.3) is 0 Å². The van der Waals surface area contributed by atoms with E-state index in [4.69, 9.17) is 0 Å². The van der Waals surface area contributed by atoms with Crippen LogP contribution in [0.1, 0.15) is 32.6 Å². The molecule has 1 aromatic rings. The first-order chi connectivity index (χ1) is 9.00. The van der Waals surface area contributed by atoms with Gasteiger partial charge in [-0.15, -0.1) is 0 Å². The average molecular weight is 283 g/mol. The molecule has 1 aliphatic carbocycles. The maximum atomic E-state index is 12.1. The monoisotopic (exact) mass is 283 g/mol. The Morgan fingerprint density at radius 2 is 1.95 bits per heavy atom. The van der Waals surface area contributed by atoms with Gasteiger partial charge in [-0.1, -0.05) is 38.3 Å². The molecule has 1 aliphatic rings. The lowest BCUT2D eigenvalue weighted by Crippen LogP contribution is -2.33. The number of rotatable bonds is 4. The zero-order valence-electron chi connectivity index (χ0n) is 11.2. The Morgan fingerprint density at radius 3 is 2.63 bits per heavy atom. The molecule has 2 N–H and O–H groups in total. The Labute approximate surface area is 114 Å². The van der Waals surface area contributed by atoms with E-state index in [9.17, 15) is 13.5 Å². The molecule has 2 atom stereocenters. The highest BCUT2D eigenvalue weighted by molar-refractivity contribution is 7.89. The summed E-state index contributed by atoms with van der Waals surface area (Å²) in [6, 6.07) is 6.02. The van der Waals surface area contributed by atoms with Crippen molar-refractivity contribution in [2.45, 2.75) is 37.5 Å². The van der Waals surface area contributed by atoms with Gasteiger partial charge in [0.1, 0.15) is 10.6 Å². The van der Waals surface area contributed by atoms with Crippen LogP contribution in [-0.2, 0) is 10.0 Å². The SMILES string of the molecule is CC1CCCCC1CNS(=O)(=O)c1ccccc1O. The van der Waals surface area contributed by atoms with Crippen LogP contribution in [0.25, 0.3) is 0 Å². The zero-order valence-corrected chi connectivity index (χ0v) is 12.0. The van der Waals surface area contributed by atoms with Crippen molar-refractivity contribution in [3.63, 3.8) is 0 Å². The molecule has 0 aliphatic heterocycles. The number of hydrogen-bond donors (Lipinski definition) is 2. The van der Waals surface area contributed by atoms with E-state index in [1.807, 2.05) is 0 Å². The first-order valence-electron chi connectivity index (χ1n) is 6.78. The van der Waals surface area contributed by atoms with Gasteiger partial charge in [0, 0.05) is 6.54 Å². The van der Waals surface area contributed by atoms with Crippen molar-refractivity contribution in [1.29, 1.82) is 0 Å². The van der Waals surface area contributed by atoms with Gasteiger partial charge in [-0.25, -0.2) is 13.1 Å². The van der Waals surface area contributed by atoms with Crippen LogP contribution < -0.4 is 4.72 Å². The molecule has 1 aromatic carbocycles. The Hall–Kier alpha value is -1.07. The summed E-state index contributed by atoms with van der Waals surface area (Å²) < 4.78 is 26.9. The Morgan fingerprint density at radius 1 is 1.26 bits per heavy atom. The van der Waals surface area contributed by atoms with Crippen molar-refractivity contribution in [3.05, 3.63) is 24.3 Å². The van der Waals surface area contributed by atoms with E-state index in [1.54, 1.807) is 12.1 Å². The molecule has 0 spiro atoms. The Balaban J connectivity index is 2.04. The van der Waals surface area contributed by atoms with Gasteiger partial charge in [0.05, 0.1) is 0 Å². The lowest BCUT2D eigenvalue weighted by atomic mass is 9.81. The van der Waals surface area contributed by atoms with Crippen molar-refractivity contribution in [2.24, 2.45) is 11.8 Å². The number of nitrogens with one attached hydrogen (secondary N) is 1. The zero-order chi connectivity index (χ0) is 13.9. The topological polar surface area (TPSA) is 66.4 Å². The van der Waals surface area contributed by atoms with E-state index in [2.05, 4.69) is 11.6 Å². The van der Waals surface area contributed by atoms with Crippen molar-refractivity contribution < 1.29 is 13.5 Å². The number of phenolic OH excluding ortho intramolecular Hbond substituents is 1. The van der Waals surface area contributed by atoms with E-state index < -0.39 is 10.0 Å². The van der Waals surface area contributed by atoms with Gasteiger partial charge in [-0.2, -0.15) is 0 Å². The molecule has 1 fully saturated rings. The number of aromatic hydroxyl groups is 1. The van der Waals surface area contributed by atoms with Crippen molar-refractivity contribution in [2.75, 3.05) is 6.54 Å². The fourth-order valence-electron chi connectivity index (χ4n) is 2.68. The molecular formula is C14H21NO3S. The van der Waals surface area contributed by atoms with E-state index >= 15 is 0 Å². The van der Waals surface area contributed by atoms with Crippen LogP contribution in [0.5, 0.6) is 5.75 Å². The molecule has 4 nitrogen and oxygen atoms in total. The number of benzene rings is 1. The highest BCUT2D eigenvalue weighted by Gasteiger charge is 2.24. The molecule has 0 saturated heterocycles. The summed E-state index contributed by atoms with van der Waals surface area (Å²) in [4.78, 5) is -0.0431. The van der Waals surface area contributed by atoms with E-state index in [1.165, 1.54) is 31.4 Å². The van der Waals surface area contributed by atoms with Crippen molar-refractivity contribution >= 4 is 10.0 Å². The maximum absolute atomic E-state index is 12.1. The smallest absolute Gasteiger partial charge is 0.244 e. The number of phenols is 1. The van der Waals surface area contributed by atoms with E-state index in [0.717, 1.165) is 6.42 Å². The predicted octanol–water partition coefficient (Wildman–Crippen LogP) is 2.50. The van der Waals surface area contributed by atoms with E-state index in [0.29, 0.717) is 18.4 Å². The van der Waals surface area contributed by atoms with Gasteiger partial charge >= 0.3 is 0 Å². The van der Waals surface area contributed by atoms with Crippen molar-refractivity contribution in [1.82, 2.24) is 4.72 Å². The lowest BCUT2D eigenvalue weighted by molar-refractivity contribution is 0.257. The van der Waals surface area contributed by atoms with Gasteiger partial charge < -0.3 is 5.11 Å². The molecule has 5 heteroatoms. The van der Waals surface area contributed by atoms with Crippen LogP contribution in [0, 0.1) is 11.8 Å². The normalized spacial score (nSPS) is 24.3. The molecule has 0 aromatic heterocycles.